The smallest absolute Gasteiger partial charge is 0.338 e. The summed E-state index contributed by atoms with van der Waals surface area (Å²) in [6.45, 7) is 0.615. The molecule has 0 aliphatic carbocycles. The van der Waals surface area contributed by atoms with Crippen LogP contribution in [0.15, 0.2) is 24.3 Å². The number of alkyl halides is 1. The highest BCUT2D eigenvalue weighted by atomic mass is 79.9. The van der Waals surface area contributed by atoms with Gasteiger partial charge in [0.05, 0.1) is 5.56 Å². The van der Waals surface area contributed by atoms with Crippen molar-refractivity contribution < 1.29 is 9.53 Å². The van der Waals surface area contributed by atoms with Crippen LogP contribution in [0.3, 0.4) is 0 Å². The first kappa shape index (κ1) is 11.2. The van der Waals surface area contributed by atoms with Crippen molar-refractivity contribution in [2.24, 2.45) is 5.73 Å². The number of nitrogens with two attached hydrogens (primary N) is 1. The van der Waals surface area contributed by atoms with Crippen LogP contribution in [-0.2, 0) is 10.1 Å². The highest BCUT2D eigenvalue weighted by molar-refractivity contribution is 9.08. The van der Waals surface area contributed by atoms with Crippen LogP contribution in [0.5, 0.6) is 0 Å². The predicted molar refractivity (Wildman–Crippen MR) is 58.4 cm³/mol. The first-order valence-electron chi connectivity index (χ1n) is 4.30. The van der Waals surface area contributed by atoms with Crippen LogP contribution in [-0.4, -0.2) is 19.1 Å². The third kappa shape index (κ3) is 3.12. The van der Waals surface area contributed by atoms with Gasteiger partial charge in [-0.1, -0.05) is 28.1 Å². The van der Waals surface area contributed by atoms with Crippen molar-refractivity contribution in [3.63, 3.8) is 0 Å². The average Bonchev–Trinajstić information content (AvgIpc) is 2.26. The summed E-state index contributed by atoms with van der Waals surface area (Å²) in [5.41, 5.74) is 6.90. The number of rotatable bonds is 4. The molecular formula is C10H12BrNO2. The molecule has 0 atom stereocenters. The second kappa shape index (κ2) is 5.78. The van der Waals surface area contributed by atoms with Gasteiger partial charge in [-0.05, 0) is 17.7 Å². The second-order valence-electron chi connectivity index (χ2n) is 2.76. The Labute approximate surface area is 91.4 Å². The molecule has 0 radical (unpaired) electrons. The van der Waals surface area contributed by atoms with E-state index in [0.717, 1.165) is 10.9 Å². The fourth-order valence-electron chi connectivity index (χ4n) is 0.965. The van der Waals surface area contributed by atoms with E-state index in [-0.39, 0.29) is 12.6 Å². The minimum absolute atomic E-state index is 0.263. The SMILES string of the molecule is NCCOC(=O)c1ccc(CBr)cc1. The van der Waals surface area contributed by atoms with Crippen LogP contribution >= 0.6 is 15.9 Å². The van der Waals surface area contributed by atoms with Gasteiger partial charge in [0.1, 0.15) is 6.61 Å². The molecule has 1 aromatic carbocycles. The van der Waals surface area contributed by atoms with Gasteiger partial charge in [-0.25, -0.2) is 4.79 Å². The molecule has 0 aliphatic rings. The Balaban J connectivity index is 2.62. The molecule has 0 aromatic heterocycles. The molecule has 3 nitrogen and oxygen atoms in total. The molecule has 0 saturated carbocycles. The van der Waals surface area contributed by atoms with E-state index in [4.69, 9.17) is 10.5 Å². The van der Waals surface area contributed by atoms with Crippen molar-refractivity contribution in [2.75, 3.05) is 13.2 Å². The highest BCUT2D eigenvalue weighted by Crippen LogP contribution is 2.08. The molecule has 0 bridgehead atoms. The predicted octanol–water partition coefficient (Wildman–Crippen LogP) is 1.70. The first-order valence-corrected chi connectivity index (χ1v) is 5.42. The van der Waals surface area contributed by atoms with E-state index in [1.165, 1.54) is 0 Å². The van der Waals surface area contributed by atoms with Gasteiger partial charge >= 0.3 is 5.97 Å². The van der Waals surface area contributed by atoms with Gasteiger partial charge in [-0.15, -0.1) is 0 Å². The second-order valence-corrected chi connectivity index (χ2v) is 3.32. The zero-order valence-corrected chi connectivity index (χ0v) is 9.29. The normalized spacial score (nSPS) is 9.86. The lowest BCUT2D eigenvalue weighted by Crippen LogP contribution is -2.13. The standard InChI is InChI=1S/C10H12BrNO2/c11-7-8-1-3-9(4-2-8)10(13)14-6-5-12/h1-4H,5-7,12H2. The number of halogens is 1. The van der Waals surface area contributed by atoms with Gasteiger partial charge in [0.2, 0.25) is 0 Å². The van der Waals surface area contributed by atoms with Gasteiger partial charge in [0.25, 0.3) is 0 Å². The van der Waals surface area contributed by atoms with Crippen LogP contribution in [0.4, 0.5) is 0 Å². The van der Waals surface area contributed by atoms with Gasteiger partial charge in [0.15, 0.2) is 0 Å². The number of hydrogen-bond donors (Lipinski definition) is 1. The Morgan fingerprint density at radius 1 is 1.36 bits per heavy atom. The van der Waals surface area contributed by atoms with Gasteiger partial charge in [-0.2, -0.15) is 0 Å². The first-order chi connectivity index (χ1) is 6.77. The molecule has 0 amide bonds. The van der Waals surface area contributed by atoms with Crippen LogP contribution in [0.2, 0.25) is 0 Å². The summed E-state index contributed by atoms with van der Waals surface area (Å²) in [6.07, 6.45) is 0. The summed E-state index contributed by atoms with van der Waals surface area (Å²) in [5, 5.41) is 0.783. The fourth-order valence-corrected chi connectivity index (χ4v) is 1.34. The Morgan fingerprint density at radius 3 is 2.50 bits per heavy atom. The lowest BCUT2D eigenvalue weighted by Gasteiger charge is -2.03. The molecule has 1 aromatic rings. The van der Waals surface area contributed by atoms with Gasteiger partial charge < -0.3 is 10.5 Å². The maximum atomic E-state index is 11.3. The van der Waals surface area contributed by atoms with E-state index < -0.39 is 0 Å². The summed E-state index contributed by atoms with van der Waals surface area (Å²) >= 11 is 3.33. The third-order valence-electron chi connectivity index (χ3n) is 1.69. The van der Waals surface area contributed by atoms with Crippen molar-refractivity contribution >= 4 is 21.9 Å². The molecule has 0 saturated heterocycles. The number of benzene rings is 1. The van der Waals surface area contributed by atoms with E-state index in [9.17, 15) is 4.79 Å². The number of ether oxygens (including phenoxy) is 1. The van der Waals surface area contributed by atoms with Crippen molar-refractivity contribution in [2.45, 2.75) is 5.33 Å². The van der Waals surface area contributed by atoms with Crippen molar-refractivity contribution in [3.05, 3.63) is 35.4 Å². The summed E-state index contributed by atoms with van der Waals surface area (Å²) in [7, 11) is 0. The third-order valence-corrected chi connectivity index (χ3v) is 2.34. The van der Waals surface area contributed by atoms with Gasteiger partial charge in [-0.3, -0.25) is 0 Å². The topological polar surface area (TPSA) is 52.3 Å². The average molecular weight is 258 g/mol. The number of hydrogen-bond acceptors (Lipinski definition) is 3. The highest BCUT2D eigenvalue weighted by Gasteiger charge is 2.05. The van der Waals surface area contributed by atoms with E-state index in [0.29, 0.717) is 12.1 Å². The van der Waals surface area contributed by atoms with Crippen molar-refractivity contribution in [1.82, 2.24) is 0 Å². The zero-order valence-electron chi connectivity index (χ0n) is 7.70. The maximum absolute atomic E-state index is 11.3. The quantitative estimate of drug-likeness (QED) is 0.660. The lowest BCUT2D eigenvalue weighted by atomic mass is 10.1. The molecule has 0 fully saturated rings. The summed E-state index contributed by atoms with van der Waals surface area (Å²) in [4.78, 5) is 11.3. The van der Waals surface area contributed by atoms with Crippen LogP contribution in [0.1, 0.15) is 15.9 Å². The molecule has 0 spiro atoms. The Hall–Kier alpha value is -0.870. The van der Waals surface area contributed by atoms with Crippen LogP contribution in [0.25, 0.3) is 0 Å². The summed E-state index contributed by atoms with van der Waals surface area (Å²) in [6, 6.07) is 7.26. The maximum Gasteiger partial charge on any atom is 0.338 e. The van der Waals surface area contributed by atoms with Crippen molar-refractivity contribution in [3.8, 4) is 0 Å². The van der Waals surface area contributed by atoms with E-state index in [2.05, 4.69) is 15.9 Å². The Morgan fingerprint density at radius 2 is 2.00 bits per heavy atom. The Bertz CT molecular complexity index is 297. The van der Waals surface area contributed by atoms with E-state index in [1.54, 1.807) is 12.1 Å². The summed E-state index contributed by atoms with van der Waals surface area (Å²) in [5.74, 6) is -0.323. The van der Waals surface area contributed by atoms with Crippen LogP contribution < -0.4 is 5.73 Å². The summed E-state index contributed by atoms with van der Waals surface area (Å²) < 4.78 is 4.88. The Kier molecular flexibility index (Phi) is 4.62. The molecule has 1 rings (SSSR count). The molecule has 0 heterocycles. The largest absolute Gasteiger partial charge is 0.461 e. The number of carbonyl (C=O) groups is 1. The van der Waals surface area contributed by atoms with E-state index >= 15 is 0 Å². The minimum Gasteiger partial charge on any atom is -0.461 e. The van der Waals surface area contributed by atoms with Gasteiger partial charge in [0, 0.05) is 11.9 Å². The minimum atomic E-state index is -0.323. The zero-order chi connectivity index (χ0) is 10.4. The molecule has 4 heteroatoms. The monoisotopic (exact) mass is 257 g/mol. The fraction of sp³-hybridized carbons (Fsp3) is 0.300. The molecule has 14 heavy (non-hydrogen) atoms. The van der Waals surface area contributed by atoms with Crippen LogP contribution in [0, 0.1) is 0 Å². The molecular weight excluding hydrogens is 246 g/mol. The number of esters is 1. The lowest BCUT2D eigenvalue weighted by molar-refractivity contribution is 0.0517. The molecule has 0 aliphatic heterocycles. The molecule has 2 N–H and O–H groups in total. The molecule has 0 unspecified atom stereocenters. The number of carbonyl (C=O) groups excluding carboxylic acids is 1. The van der Waals surface area contributed by atoms with Crippen molar-refractivity contribution in [1.29, 1.82) is 0 Å². The van der Waals surface area contributed by atoms with E-state index in [1.807, 2.05) is 12.1 Å². The molecule has 76 valence electrons.